The molecule has 0 atom stereocenters. The Morgan fingerprint density at radius 2 is 1.81 bits per heavy atom. The zero-order chi connectivity index (χ0) is 15.5. The van der Waals surface area contributed by atoms with E-state index in [9.17, 15) is 13.2 Å². The molecule has 0 spiro atoms. The Balaban J connectivity index is 2.37. The first-order valence-corrected chi connectivity index (χ1v) is 6.50. The summed E-state index contributed by atoms with van der Waals surface area (Å²) in [6.45, 7) is 0. The summed E-state index contributed by atoms with van der Waals surface area (Å²) in [4.78, 5) is 0. The number of anilines is 2. The molecule has 0 saturated carbocycles. The van der Waals surface area contributed by atoms with E-state index in [1.807, 2.05) is 6.07 Å². The van der Waals surface area contributed by atoms with Crippen LogP contribution in [-0.4, -0.2) is 6.36 Å². The Kier molecular flexibility index (Phi) is 4.38. The number of rotatable bonds is 3. The van der Waals surface area contributed by atoms with Gasteiger partial charge in [0.05, 0.1) is 16.9 Å². The summed E-state index contributed by atoms with van der Waals surface area (Å²) in [5.74, 6) is -0.367. The molecule has 2 aromatic carbocycles. The molecule has 1 N–H and O–H groups in total. The molecule has 3 nitrogen and oxygen atoms in total. The Labute approximate surface area is 127 Å². The van der Waals surface area contributed by atoms with Gasteiger partial charge in [0.25, 0.3) is 0 Å². The minimum atomic E-state index is -4.78. The largest absolute Gasteiger partial charge is 0.573 e. The topological polar surface area (TPSA) is 45.0 Å². The van der Waals surface area contributed by atoms with Crippen LogP contribution < -0.4 is 10.1 Å². The summed E-state index contributed by atoms with van der Waals surface area (Å²) in [5, 5.41) is 11.8. The first-order valence-electron chi connectivity index (χ1n) is 5.70. The standard InChI is InChI=1S/C14H8BrF3N2O/c15-10-6-5-9(8-19)12(7-10)20-11-3-1-2-4-13(11)21-14(16,17)18/h1-7,20H. The zero-order valence-electron chi connectivity index (χ0n) is 10.4. The molecular formula is C14H8BrF3N2O. The fourth-order valence-corrected chi connectivity index (χ4v) is 2.01. The maximum atomic E-state index is 12.4. The number of benzene rings is 2. The zero-order valence-corrected chi connectivity index (χ0v) is 12.0. The van der Waals surface area contributed by atoms with Gasteiger partial charge in [-0.3, -0.25) is 0 Å². The van der Waals surface area contributed by atoms with Crippen LogP contribution in [0.15, 0.2) is 46.9 Å². The van der Waals surface area contributed by atoms with Crippen LogP contribution in [0.1, 0.15) is 5.56 Å². The van der Waals surface area contributed by atoms with Crippen molar-refractivity contribution in [1.29, 1.82) is 5.26 Å². The number of nitrogens with one attached hydrogen (secondary N) is 1. The maximum Gasteiger partial charge on any atom is 0.573 e. The van der Waals surface area contributed by atoms with Gasteiger partial charge in [-0.25, -0.2) is 0 Å². The third-order valence-corrected chi connectivity index (χ3v) is 2.98. The molecule has 108 valence electrons. The van der Waals surface area contributed by atoms with Crippen molar-refractivity contribution in [3.05, 3.63) is 52.5 Å². The lowest BCUT2D eigenvalue weighted by Crippen LogP contribution is -2.17. The summed E-state index contributed by atoms with van der Waals surface area (Å²) < 4.78 is 41.7. The second kappa shape index (κ2) is 6.06. The van der Waals surface area contributed by atoms with E-state index >= 15 is 0 Å². The molecule has 0 aliphatic rings. The van der Waals surface area contributed by atoms with E-state index in [1.165, 1.54) is 18.2 Å². The second-order valence-electron chi connectivity index (χ2n) is 3.97. The smallest absolute Gasteiger partial charge is 0.404 e. The Morgan fingerprint density at radius 1 is 1.10 bits per heavy atom. The lowest BCUT2D eigenvalue weighted by Gasteiger charge is -2.15. The lowest BCUT2D eigenvalue weighted by atomic mass is 10.2. The molecule has 21 heavy (non-hydrogen) atoms. The van der Waals surface area contributed by atoms with Gasteiger partial charge in [0.2, 0.25) is 0 Å². The molecular weight excluding hydrogens is 349 g/mol. The molecule has 0 amide bonds. The summed E-state index contributed by atoms with van der Waals surface area (Å²) in [6.07, 6.45) is -4.78. The van der Waals surface area contributed by atoms with E-state index in [0.717, 1.165) is 0 Å². The van der Waals surface area contributed by atoms with Crippen LogP contribution in [0.25, 0.3) is 0 Å². The van der Waals surface area contributed by atoms with Gasteiger partial charge in [-0.05, 0) is 30.3 Å². The maximum absolute atomic E-state index is 12.4. The van der Waals surface area contributed by atoms with Crippen molar-refractivity contribution in [2.24, 2.45) is 0 Å². The monoisotopic (exact) mass is 356 g/mol. The van der Waals surface area contributed by atoms with E-state index in [4.69, 9.17) is 5.26 Å². The molecule has 2 rings (SSSR count). The first-order chi connectivity index (χ1) is 9.89. The van der Waals surface area contributed by atoms with E-state index in [-0.39, 0.29) is 11.4 Å². The third-order valence-electron chi connectivity index (χ3n) is 2.48. The molecule has 0 aliphatic heterocycles. The van der Waals surface area contributed by atoms with E-state index in [2.05, 4.69) is 26.0 Å². The van der Waals surface area contributed by atoms with Gasteiger partial charge in [0, 0.05) is 4.47 Å². The first kappa shape index (κ1) is 15.2. The lowest BCUT2D eigenvalue weighted by molar-refractivity contribution is -0.274. The van der Waals surface area contributed by atoms with E-state index < -0.39 is 6.36 Å². The number of halogens is 4. The quantitative estimate of drug-likeness (QED) is 0.844. The van der Waals surface area contributed by atoms with Gasteiger partial charge >= 0.3 is 6.36 Å². The number of nitriles is 1. The van der Waals surface area contributed by atoms with Crippen LogP contribution in [0.4, 0.5) is 24.5 Å². The average Bonchev–Trinajstić information content (AvgIpc) is 2.40. The normalized spacial score (nSPS) is 10.8. The SMILES string of the molecule is N#Cc1ccc(Br)cc1Nc1ccccc1OC(F)(F)F. The van der Waals surface area contributed by atoms with Crippen LogP contribution in [0, 0.1) is 11.3 Å². The van der Waals surface area contributed by atoms with Crippen LogP contribution in [0.2, 0.25) is 0 Å². The van der Waals surface area contributed by atoms with E-state index in [0.29, 0.717) is 15.7 Å². The summed E-state index contributed by atoms with van der Waals surface area (Å²) in [7, 11) is 0. The van der Waals surface area contributed by atoms with Crippen LogP contribution in [0.3, 0.4) is 0 Å². The Bertz CT molecular complexity index is 695. The van der Waals surface area contributed by atoms with Crippen molar-refractivity contribution in [3.63, 3.8) is 0 Å². The predicted octanol–water partition coefficient (Wildman–Crippen LogP) is 4.96. The molecule has 0 aliphatic carbocycles. The molecule has 0 radical (unpaired) electrons. The van der Waals surface area contributed by atoms with Crippen molar-refractivity contribution in [2.45, 2.75) is 6.36 Å². The van der Waals surface area contributed by atoms with Crippen molar-refractivity contribution >= 4 is 27.3 Å². The highest BCUT2D eigenvalue weighted by Crippen LogP contribution is 2.33. The number of nitrogens with zero attached hydrogens (tertiary/aromatic N) is 1. The Hall–Kier alpha value is -2.20. The summed E-state index contributed by atoms with van der Waals surface area (Å²) >= 11 is 3.25. The fourth-order valence-electron chi connectivity index (χ4n) is 1.65. The van der Waals surface area contributed by atoms with Gasteiger partial charge in [-0.15, -0.1) is 13.2 Å². The highest BCUT2D eigenvalue weighted by atomic mass is 79.9. The molecule has 0 fully saturated rings. The molecule has 0 heterocycles. The van der Waals surface area contributed by atoms with Gasteiger partial charge in [0.15, 0.2) is 5.75 Å². The predicted molar refractivity (Wildman–Crippen MR) is 75.3 cm³/mol. The summed E-state index contributed by atoms with van der Waals surface area (Å²) in [5.41, 5.74) is 0.800. The summed E-state index contributed by atoms with van der Waals surface area (Å²) in [6, 6.07) is 12.4. The number of ether oxygens (including phenoxy) is 1. The van der Waals surface area contributed by atoms with Crippen molar-refractivity contribution < 1.29 is 17.9 Å². The Morgan fingerprint density at radius 3 is 2.48 bits per heavy atom. The van der Waals surface area contributed by atoms with Crippen LogP contribution >= 0.6 is 15.9 Å². The number of alkyl halides is 3. The van der Waals surface area contributed by atoms with Gasteiger partial charge in [0.1, 0.15) is 6.07 Å². The fraction of sp³-hybridized carbons (Fsp3) is 0.0714. The highest BCUT2D eigenvalue weighted by Gasteiger charge is 2.32. The highest BCUT2D eigenvalue weighted by molar-refractivity contribution is 9.10. The third kappa shape index (κ3) is 4.13. The van der Waals surface area contributed by atoms with Gasteiger partial charge in [-0.1, -0.05) is 28.1 Å². The minimum Gasteiger partial charge on any atom is -0.404 e. The van der Waals surface area contributed by atoms with E-state index in [1.54, 1.807) is 24.3 Å². The van der Waals surface area contributed by atoms with Gasteiger partial charge < -0.3 is 10.1 Å². The molecule has 0 saturated heterocycles. The molecule has 0 unspecified atom stereocenters. The van der Waals surface area contributed by atoms with Gasteiger partial charge in [-0.2, -0.15) is 5.26 Å². The minimum absolute atomic E-state index is 0.115. The number of hydrogen-bond acceptors (Lipinski definition) is 3. The number of para-hydroxylation sites is 2. The van der Waals surface area contributed by atoms with Crippen LogP contribution in [-0.2, 0) is 0 Å². The van der Waals surface area contributed by atoms with Crippen molar-refractivity contribution in [1.82, 2.24) is 0 Å². The molecule has 7 heteroatoms. The van der Waals surface area contributed by atoms with Crippen molar-refractivity contribution in [2.75, 3.05) is 5.32 Å². The average molecular weight is 357 g/mol. The number of hydrogen-bond donors (Lipinski definition) is 1. The van der Waals surface area contributed by atoms with Crippen LogP contribution in [0.5, 0.6) is 5.75 Å². The second-order valence-corrected chi connectivity index (χ2v) is 4.89. The van der Waals surface area contributed by atoms with Crippen molar-refractivity contribution in [3.8, 4) is 11.8 Å². The molecule has 0 aromatic heterocycles. The molecule has 2 aromatic rings. The molecule has 0 bridgehead atoms.